The summed E-state index contributed by atoms with van der Waals surface area (Å²) in [5, 5.41) is 6.46. The van der Waals surface area contributed by atoms with Crippen LogP contribution in [0.2, 0.25) is 0 Å². The highest BCUT2D eigenvalue weighted by Crippen LogP contribution is 2.19. The number of aromatic nitrogens is 1. The van der Waals surface area contributed by atoms with Crippen molar-refractivity contribution in [1.82, 2.24) is 15.2 Å². The van der Waals surface area contributed by atoms with Crippen LogP contribution in [0.3, 0.4) is 0 Å². The van der Waals surface area contributed by atoms with Gasteiger partial charge in [0.1, 0.15) is 6.54 Å². The van der Waals surface area contributed by atoms with Crippen molar-refractivity contribution in [3.63, 3.8) is 0 Å². The van der Waals surface area contributed by atoms with Crippen LogP contribution in [-0.4, -0.2) is 23.6 Å². The van der Waals surface area contributed by atoms with Crippen molar-refractivity contribution in [3.8, 4) is 0 Å². The Morgan fingerprint density at radius 3 is 2.85 bits per heavy atom. The number of rotatable bonds is 7. The van der Waals surface area contributed by atoms with E-state index in [0.717, 1.165) is 25.7 Å². The number of carbonyl (C=O) groups excluding carboxylic acids is 1. The van der Waals surface area contributed by atoms with Crippen LogP contribution in [-0.2, 0) is 11.3 Å². The first-order valence-corrected chi connectivity index (χ1v) is 7.85. The minimum absolute atomic E-state index is 0.135. The maximum absolute atomic E-state index is 12.0. The Labute approximate surface area is 121 Å². The van der Waals surface area contributed by atoms with Crippen molar-refractivity contribution >= 4 is 5.91 Å². The molecule has 1 aromatic heterocycles. The van der Waals surface area contributed by atoms with Crippen LogP contribution in [0.15, 0.2) is 18.5 Å². The third-order valence-corrected chi connectivity index (χ3v) is 4.15. The van der Waals surface area contributed by atoms with Gasteiger partial charge in [-0.15, -0.1) is 0 Å². The zero-order valence-corrected chi connectivity index (χ0v) is 12.7. The van der Waals surface area contributed by atoms with Gasteiger partial charge in [-0.2, -0.15) is 0 Å². The van der Waals surface area contributed by atoms with E-state index >= 15 is 0 Å². The van der Waals surface area contributed by atoms with Gasteiger partial charge in [-0.1, -0.05) is 26.2 Å². The second kappa shape index (κ2) is 7.48. The minimum Gasteiger partial charge on any atom is -0.352 e. The van der Waals surface area contributed by atoms with Gasteiger partial charge in [-0.05, 0) is 37.9 Å². The van der Waals surface area contributed by atoms with Crippen LogP contribution in [0.25, 0.3) is 0 Å². The molecule has 2 N–H and O–H groups in total. The molecule has 20 heavy (non-hydrogen) atoms. The molecule has 112 valence electrons. The van der Waals surface area contributed by atoms with Gasteiger partial charge in [0.2, 0.25) is 5.91 Å². The van der Waals surface area contributed by atoms with E-state index in [-0.39, 0.29) is 5.91 Å². The molecule has 0 spiro atoms. The van der Waals surface area contributed by atoms with Gasteiger partial charge < -0.3 is 15.2 Å². The van der Waals surface area contributed by atoms with Crippen molar-refractivity contribution in [2.45, 2.75) is 64.1 Å². The number of carbonyl (C=O) groups is 1. The van der Waals surface area contributed by atoms with E-state index in [1.165, 1.54) is 18.4 Å². The van der Waals surface area contributed by atoms with E-state index in [0.29, 0.717) is 18.6 Å². The summed E-state index contributed by atoms with van der Waals surface area (Å²) in [6.45, 7) is 2.62. The molecule has 2 rings (SSSR count). The molecule has 1 heterocycles. The first-order valence-electron chi connectivity index (χ1n) is 7.85. The number of hydrogen-bond acceptors (Lipinski definition) is 2. The maximum atomic E-state index is 12.0. The van der Waals surface area contributed by atoms with Gasteiger partial charge in [-0.25, -0.2) is 0 Å². The SMILES string of the molecule is CCCC(NC)c1ccn(CC(=O)NC2CCCC2)c1. The van der Waals surface area contributed by atoms with Gasteiger partial charge in [-0.3, -0.25) is 4.79 Å². The molecular weight excluding hydrogens is 250 g/mol. The van der Waals surface area contributed by atoms with Gasteiger partial charge in [0, 0.05) is 24.5 Å². The molecule has 0 bridgehead atoms. The first-order chi connectivity index (χ1) is 9.72. The third-order valence-electron chi connectivity index (χ3n) is 4.15. The lowest BCUT2D eigenvalue weighted by Crippen LogP contribution is -2.34. The Morgan fingerprint density at radius 1 is 1.45 bits per heavy atom. The fraction of sp³-hybridized carbons (Fsp3) is 0.688. The molecule has 0 aromatic carbocycles. The topological polar surface area (TPSA) is 46.1 Å². The molecule has 1 aliphatic carbocycles. The smallest absolute Gasteiger partial charge is 0.240 e. The fourth-order valence-corrected chi connectivity index (χ4v) is 3.04. The highest BCUT2D eigenvalue weighted by atomic mass is 16.2. The van der Waals surface area contributed by atoms with E-state index in [2.05, 4.69) is 29.8 Å². The summed E-state index contributed by atoms with van der Waals surface area (Å²) in [7, 11) is 1.99. The second-order valence-corrected chi connectivity index (χ2v) is 5.80. The molecule has 1 amide bonds. The molecule has 4 heteroatoms. The minimum atomic E-state index is 0.135. The van der Waals surface area contributed by atoms with Gasteiger partial charge in [0.25, 0.3) is 0 Å². The van der Waals surface area contributed by atoms with Gasteiger partial charge in [0.15, 0.2) is 0 Å². The summed E-state index contributed by atoms with van der Waals surface area (Å²) in [6, 6.07) is 2.90. The van der Waals surface area contributed by atoms with Gasteiger partial charge >= 0.3 is 0 Å². The molecule has 0 aliphatic heterocycles. The second-order valence-electron chi connectivity index (χ2n) is 5.80. The molecule has 1 fully saturated rings. The average Bonchev–Trinajstić information content (AvgIpc) is 3.07. The number of nitrogens with one attached hydrogen (secondary N) is 2. The lowest BCUT2D eigenvalue weighted by Gasteiger charge is -2.14. The molecule has 1 aromatic rings. The monoisotopic (exact) mass is 277 g/mol. The van der Waals surface area contributed by atoms with Crippen molar-refractivity contribution in [2.75, 3.05) is 7.05 Å². The van der Waals surface area contributed by atoms with E-state index in [9.17, 15) is 4.79 Å². The highest BCUT2D eigenvalue weighted by molar-refractivity contribution is 5.76. The van der Waals surface area contributed by atoms with Crippen molar-refractivity contribution in [1.29, 1.82) is 0 Å². The number of nitrogens with zero attached hydrogens (tertiary/aromatic N) is 1. The lowest BCUT2D eigenvalue weighted by molar-refractivity contribution is -0.122. The fourth-order valence-electron chi connectivity index (χ4n) is 3.04. The van der Waals surface area contributed by atoms with Crippen LogP contribution < -0.4 is 10.6 Å². The zero-order valence-electron chi connectivity index (χ0n) is 12.7. The molecular formula is C16H27N3O. The number of hydrogen-bond donors (Lipinski definition) is 2. The van der Waals surface area contributed by atoms with Crippen LogP contribution in [0.5, 0.6) is 0 Å². The predicted octanol–water partition coefficient (Wildman–Crippen LogP) is 2.61. The highest BCUT2D eigenvalue weighted by Gasteiger charge is 2.17. The van der Waals surface area contributed by atoms with E-state index in [1.54, 1.807) is 0 Å². The van der Waals surface area contributed by atoms with Gasteiger partial charge in [0.05, 0.1) is 0 Å². The van der Waals surface area contributed by atoms with Crippen molar-refractivity contribution in [2.24, 2.45) is 0 Å². The summed E-state index contributed by atoms with van der Waals surface area (Å²) in [5.74, 6) is 0.135. The molecule has 0 saturated heterocycles. The lowest BCUT2D eigenvalue weighted by atomic mass is 10.1. The summed E-state index contributed by atoms with van der Waals surface area (Å²) in [6.07, 6.45) is 11.1. The van der Waals surface area contributed by atoms with E-state index in [1.807, 2.05) is 17.8 Å². The summed E-state index contributed by atoms with van der Waals surface area (Å²) in [5.41, 5.74) is 1.27. The summed E-state index contributed by atoms with van der Waals surface area (Å²) in [4.78, 5) is 12.0. The molecule has 1 aliphatic rings. The maximum Gasteiger partial charge on any atom is 0.240 e. The quantitative estimate of drug-likeness (QED) is 0.805. The Morgan fingerprint density at radius 2 is 2.20 bits per heavy atom. The molecule has 0 radical (unpaired) electrons. The normalized spacial score (nSPS) is 17.3. The number of amides is 1. The van der Waals surface area contributed by atoms with Crippen LogP contribution in [0.4, 0.5) is 0 Å². The van der Waals surface area contributed by atoms with Crippen LogP contribution in [0, 0.1) is 0 Å². The largest absolute Gasteiger partial charge is 0.352 e. The molecule has 4 nitrogen and oxygen atoms in total. The summed E-state index contributed by atoms with van der Waals surface area (Å²) < 4.78 is 1.99. The van der Waals surface area contributed by atoms with Crippen molar-refractivity contribution in [3.05, 3.63) is 24.0 Å². The standard InChI is InChI=1S/C16H27N3O/c1-3-6-15(17-2)13-9-10-19(11-13)12-16(20)18-14-7-4-5-8-14/h9-11,14-15,17H,3-8,12H2,1-2H3,(H,18,20). The summed E-state index contributed by atoms with van der Waals surface area (Å²) >= 11 is 0. The average molecular weight is 277 g/mol. The van der Waals surface area contributed by atoms with Crippen molar-refractivity contribution < 1.29 is 4.79 Å². The van der Waals surface area contributed by atoms with E-state index < -0.39 is 0 Å². The molecule has 1 atom stereocenters. The zero-order chi connectivity index (χ0) is 14.4. The van der Waals surface area contributed by atoms with E-state index in [4.69, 9.17) is 0 Å². The van der Waals surface area contributed by atoms with Crippen LogP contribution >= 0.6 is 0 Å². The third kappa shape index (κ3) is 4.10. The molecule has 1 saturated carbocycles. The first kappa shape index (κ1) is 15.1. The Balaban J connectivity index is 1.86. The van der Waals surface area contributed by atoms with Crippen LogP contribution in [0.1, 0.15) is 57.1 Å². The Kier molecular flexibility index (Phi) is 5.65. The Bertz CT molecular complexity index is 421. The predicted molar refractivity (Wildman–Crippen MR) is 81.5 cm³/mol. The molecule has 1 unspecified atom stereocenters. The Hall–Kier alpha value is -1.29.